The zero-order chi connectivity index (χ0) is 11.2. The van der Waals surface area contributed by atoms with Gasteiger partial charge in [0.1, 0.15) is 5.49 Å². The predicted molar refractivity (Wildman–Crippen MR) is 64.9 cm³/mol. The average molecular weight is 270 g/mol. The van der Waals surface area contributed by atoms with Gasteiger partial charge < -0.3 is 9.97 Å². The number of benzene rings is 1. The van der Waals surface area contributed by atoms with Gasteiger partial charge in [-0.1, -0.05) is 30.3 Å². The van der Waals surface area contributed by atoms with Crippen molar-refractivity contribution in [2.75, 3.05) is 0 Å². The number of H-pyrrole nitrogens is 2. The molecule has 0 spiro atoms. The Morgan fingerprint density at radius 1 is 0.824 bits per heavy atom. The van der Waals surface area contributed by atoms with Gasteiger partial charge in [0.15, 0.2) is 0 Å². The van der Waals surface area contributed by atoms with Crippen LogP contribution >= 0.6 is 0 Å². The Labute approximate surface area is 110 Å². The Kier molecular flexibility index (Phi) is 5.25. The molecule has 0 aliphatic carbocycles. The van der Waals surface area contributed by atoms with Crippen molar-refractivity contribution in [1.82, 2.24) is 9.97 Å². The van der Waals surface area contributed by atoms with E-state index in [0.29, 0.717) is 5.49 Å². The fourth-order valence-electron chi connectivity index (χ4n) is 1.39. The van der Waals surface area contributed by atoms with Gasteiger partial charge in [-0.2, -0.15) is 0 Å². The van der Waals surface area contributed by atoms with Crippen LogP contribution < -0.4 is 5.49 Å². The Hall–Kier alpha value is -1.78. The first-order valence-corrected chi connectivity index (χ1v) is 5.06. The van der Waals surface area contributed by atoms with Gasteiger partial charge in [0.2, 0.25) is 0 Å². The first-order valence-electron chi connectivity index (χ1n) is 5.06. The smallest absolute Gasteiger partial charge is 0.121 e. The number of aromatic amines is 2. The summed E-state index contributed by atoms with van der Waals surface area (Å²) in [4.78, 5) is 5.74. The second-order valence-corrected chi connectivity index (χ2v) is 3.36. The zero-order valence-corrected chi connectivity index (χ0v) is 10.1. The molecule has 2 heterocycles. The molecule has 3 aromatic rings. The van der Waals surface area contributed by atoms with E-state index in [1.54, 1.807) is 12.3 Å². The Morgan fingerprint density at radius 3 is 1.82 bits per heavy atom. The molecule has 3 nitrogen and oxygen atoms in total. The average Bonchev–Trinajstić information content (AvgIpc) is 2.79. The summed E-state index contributed by atoms with van der Waals surface area (Å²) in [5.74, 6) is 0. The molecule has 0 bridgehead atoms. The molecule has 17 heavy (non-hydrogen) atoms. The van der Waals surface area contributed by atoms with Gasteiger partial charge in [-0.25, -0.2) is 0 Å². The number of rotatable bonds is 0. The molecule has 3 rings (SSSR count). The molecule has 1 aromatic carbocycles. The summed E-state index contributed by atoms with van der Waals surface area (Å²) in [5, 5.41) is 9.49. The van der Waals surface area contributed by atoms with E-state index in [4.69, 9.17) is 5.41 Å². The third-order valence-electron chi connectivity index (χ3n) is 2.18. The summed E-state index contributed by atoms with van der Waals surface area (Å²) in [6.45, 7) is 0. The van der Waals surface area contributed by atoms with E-state index < -0.39 is 0 Å². The van der Waals surface area contributed by atoms with Gasteiger partial charge >= 0.3 is 0 Å². The quantitative estimate of drug-likeness (QED) is 0.562. The van der Waals surface area contributed by atoms with Crippen LogP contribution in [0.1, 0.15) is 0 Å². The summed E-state index contributed by atoms with van der Waals surface area (Å²) in [6.07, 6.45) is 5.72. The minimum Gasteiger partial charge on any atom is -0.366 e. The molecule has 2 aromatic heterocycles. The molecule has 0 saturated carbocycles. The van der Waals surface area contributed by atoms with Crippen molar-refractivity contribution in [2.24, 2.45) is 0 Å². The summed E-state index contributed by atoms with van der Waals surface area (Å²) in [5.41, 5.74) is 0.447. The Morgan fingerprint density at radius 2 is 1.41 bits per heavy atom. The van der Waals surface area contributed by atoms with Crippen LogP contribution in [0.2, 0.25) is 0 Å². The molecule has 89 valence electrons. The molecule has 0 fully saturated rings. The van der Waals surface area contributed by atoms with Crippen LogP contribution in [0.15, 0.2) is 61.1 Å². The van der Waals surface area contributed by atoms with Crippen LogP contribution in [-0.4, -0.2) is 9.97 Å². The third-order valence-corrected chi connectivity index (χ3v) is 2.18. The molecular formula is C13H13CoN3. The van der Waals surface area contributed by atoms with Gasteiger partial charge in [0, 0.05) is 35.4 Å². The third kappa shape index (κ3) is 3.94. The van der Waals surface area contributed by atoms with Gasteiger partial charge in [-0.05, 0) is 22.9 Å². The van der Waals surface area contributed by atoms with Crippen LogP contribution in [0.5, 0.6) is 0 Å². The normalized spacial score (nSPS) is 8.94. The van der Waals surface area contributed by atoms with Gasteiger partial charge in [-0.3, -0.25) is 5.41 Å². The standard InChI is InChI=1S/C8H7N.C5H6N2.Co/c1-2-4-8-6-9-5-7(8)3-1;6-5-3-1-2-4-7-5;/h1-6,9H;1-4H,(H2,6,7);. The summed E-state index contributed by atoms with van der Waals surface area (Å²) >= 11 is 0. The van der Waals surface area contributed by atoms with E-state index in [0.717, 1.165) is 0 Å². The van der Waals surface area contributed by atoms with Crippen LogP contribution in [0.4, 0.5) is 0 Å². The minimum atomic E-state index is 0. The van der Waals surface area contributed by atoms with E-state index in [9.17, 15) is 0 Å². The Balaban J connectivity index is 0.000000166. The van der Waals surface area contributed by atoms with E-state index in [2.05, 4.69) is 22.1 Å². The van der Waals surface area contributed by atoms with E-state index in [-0.39, 0.29) is 16.8 Å². The number of aromatic nitrogens is 2. The Bertz CT molecular complexity index is 565. The number of hydrogen-bond donors (Lipinski definition) is 3. The molecule has 3 N–H and O–H groups in total. The first kappa shape index (κ1) is 13.3. The molecule has 0 amide bonds. The second-order valence-electron chi connectivity index (χ2n) is 3.36. The molecule has 0 atom stereocenters. The second kappa shape index (κ2) is 6.72. The fraction of sp³-hybridized carbons (Fsp3) is 0. The molecule has 1 radical (unpaired) electrons. The number of nitrogens with one attached hydrogen (secondary N) is 3. The van der Waals surface area contributed by atoms with Crippen molar-refractivity contribution in [3.8, 4) is 0 Å². The van der Waals surface area contributed by atoms with Crippen LogP contribution in [0.3, 0.4) is 0 Å². The van der Waals surface area contributed by atoms with Gasteiger partial charge in [0.05, 0.1) is 0 Å². The largest absolute Gasteiger partial charge is 0.366 e. The van der Waals surface area contributed by atoms with E-state index in [1.165, 1.54) is 10.8 Å². The first-order chi connectivity index (χ1) is 7.86. The monoisotopic (exact) mass is 270 g/mol. The number of hydrogen-bond acceptors (Lipinski definition) is 1. The maximum Gasteiger partial charge on any atom is 0.121 e. The van der Waals surface area contributed by atoms with E-state index >= 15 is 0 Å². The summed E-state index contributed by atoms with van der Waals surface area (Å²) in [7, 11) is 0. The van der Waals surface area contributed by atoms with Crippen LogP contribution in [0.25, 0.3) is 10.8 Å². The van der Waals surface area contributed by atoms with Crippen LogP contribution in [0, 0.1) is 5.41 Å². The van der Waals surface area contributed by atoms with Crippen molar-refractivity contribution < 1.29 is 16.8 Å². The number of pyridine rings is 1. The number of fused-ring (bicyclic) bond motifs is 1. The maximum atomic E-state index is 6.94. The molecule has 0 aliphatic heterocycles. The molecule has 4 heteroatoms. The van der Waals surface area contributed by atoms with Crippen molar-refractivity contribution in [1.29, 1.82) is 5.41 Å². The van der Waals surface area contributed by atoms with Crippen molar-refractivity contribution >= 4 is 10.8 Å². The maximum absolute atomic E-state index is 6.94. The van der Waals surface area contributed by atoms with Gasteiger partial charge in [-0.15, -0.1) is 0 Å². The summed E-state index contributed by atoms with van der Waals surface area (Å²) < 4.78 is 0. The molecule has 0 unspecified atom stereocenters. The van der Waals surface area contributed by atoms with Crippen molar-refractivity contribution in [3.63, 3.8) is 0 Å². The summed E-state index contributed by atoms with van der Waals surface area (Å²) in [6, 6.07) is 13.6. The zero-order valence-electron chi connectivity index (χ0n) is 9.11. The topological polar surface area (TPSA) is 55.4 Å². The molecule has 0 saturated heterocycles. The predicted octanol–water partition coefficient (Wildman–Crippen LogP) is 2.66. The molecular weight excluding hydrogens is 257 g/mol. The van der Waals surface area contributed by atoms with Crippen molar-refractivity contribution in [3.05, 3.63) is 66.5 Å². The minimum absolute atomic E-state index is 0. The van der Waals surface area contributed by atoms with Gasteiger partial charge in [0.25, 0.3) is 0 Å². The molecule has 0 aliphatic rings. The van der Waals surface area contributed by atoms with Crippen LogP contribution in [-0.2, 0) is 16.8 Å². The van der Waals surface area contributed by atoms with E-state index in [1.807, 2.05) is 36.7 Å². The van der Waals surface area contributed by atoms with Crippen molar-refractivity contribution in [2.45, 2.75) is 0 Å². The fourth-order valence-corrected chi connectivity index (χ4v) is 1.39. The SMILES string of the molecule is N=c1cccc[nH]1.[Co].c1ccc2c[nH]cc2c1.